The number of benzene rings is 2. The minimum atomic E-state index is -0.187. The second kappa shape index (κ2) is 6.48. The van der Waals surface area contributed by atoms with Gasteiger partial charge in [-0.15, -0.1) is 0 Å². The Bertz CT molecular complexity index is 860. The summed E-state index contributed by atoms with van der Waals surface area (Å²) in [6, 6.07) is 13.1. The van der Waals surface area contributed by atoms with E-state index in [-0.39, 0.29) is 23.8 Å². The second-order valence-electron chi connectivity index (χ2n) is 6.99. The molecule has 0 bridgehead atoms. The summed E-state index contributed by atoms with van der Waals surface area (Å²) in [7, 11) is 0. The third-order valence-electron chi connectivity index (χ3n) is 5.30. The van der Waals surface area contributed by atoms with E-state index in [2.05, 4.69) is 12.2 Å². The predicted molar refractivity (Wildman–Crippen MR) is 101 cm³/mol. The number of carbonyl (C=O) groups is 2. The van der Waals surface area contributed by atoms with Gasteiger partial charge in [0.2, 0.25) is 5.91 Å². The zero-order valence-corrected chi connectivity index (χ0v) is 15.0. The molecule has 2 amide bonds. The number of rotatable bonds is 3. The zero-order chi connectivity index (χ0) is 18.3. The van der Waals surface area contributed by atoms with E-state index in [1.165, 1.54) is 0 Å². The van der Waals surface area contributed by atoms with Crippen molar-refractivity contribution in [3.05, 3.63) is 53.6 Å². The normalized spacial score (nSPS) is 21.5. The lowest BCUT2D eigenvalue weighted by Crippen LogP contribution is -2.23. The Kier molecular flexibility index (Phi) is 4.15. The molecule has 0 aromatic heterocycles. The van der Waals surface area contributed by atoms with Crippen LogP contribution in [0.4, 0.5) is 11.4 Å². The van der Waals surface area contributed by atoms with Crippen molar-refractivity contribution in [2.24, 2.45) is 0 Å². The van der Waals surface area contributed by atoms with Gasteiger partial charge in [0.05, 0.1) is 5.56 Å². The molecule has 1 fully saturated rings. The molecule has 2 aromatic carbocycles. The molecule has 5 nitrogen and oxygen atoms in total. The standard InChI is InChI=1S/C21H22N2O3/c1-13-14(2)26-20-17(13)5-3-6-18(20)21(25)22-15-8-10-16(11-9-15)23-12-4-7-19(23)24/h3,5-6,8-11,13-14H,4,7,12H2,1-2H3,(H,22,25)/t13-,14-/m0/s1. The molecule has 1 saturated heterocycles. The molecule has 4 rings (SSSR count). The Balaban J connectivity index is 1.52. The van der Waals surface area contributed by atoms with Crippen LogP contribution in [0.15, 0.2) is 42.5 Å². The van der Waals surface area contributed by atoms with Gasteiger partial charge in [0.25, 0.3) is 5.91 Å². The summed E-state index contributed by atoms with van der Waals surface area (Å²) < 4.78 is 5.90. The van der Waals surface area contributed by atoms with E-state index in [1.807, 2.05) is 43.3 Å². The fraction of sp³-hybridized carbons (Fsp3) is 0.333. The minimum Gasteiger partial charge on any atom is -0.489 e. The number of anilines is 2. The number of hydrogen-bond donors (Lipinski definition) is 1. The topological polar surface area (TPSA) is 58.6 Å². The van der Waals surface area contributed by atoms with Crippen LogP contribution >= 0.6 is 0 Å². The molecule has 0 spiro atoms. The van der Waals surface area contributed by atoms with Crippen LogP contribution in [0.1, 0.15) is 48.5 Å². The molecule has 2 atom stereocenters. The Hall–Kier alpha value is -2.82. The van der Waals surface area contributed by atoms with Crippen LogP contribution in [0.5, 0.6) is 5.75 Å². The van der Waals surface area contributed by atoms with E-state index in [0.29, 0.717) is 23.4 Å². The van der Waals surface area contributed by atoms with Crippen LogP contribution in [-0.2, 0) is 4.79 Å². The third-order valence-corrected chi connectivity index (χ3v) is 5.30. The summed E-state index contributed by atoms with van der Waals surface area (Å²) in [4.78, 5) is 26.3. The number of para-hydroxylation sites is 1. The fourth-order valence-corrected chi connectivity index (χ4v) is 3.61. The number of fused-ring (bicyclic) bond motifs is 1. The van der Waals surface area contributed by atoms with Crippen LogP contribution in [0.25, 0.3) is 0 Å². The lowest BCUT2D eigenvalue weighted by Gasteiger charge is -2.16. The van der Waals surface area contributed by atoms with Crippen molar-refractivity contribution >= 4 is 23.2 Å². The SMILES string of the molecule is C[C@@H]1Oc2c(C(=O)Nc3ccc(N4CCCC4=O)cc3)cccc2[C@H]1C. The highest BCUT2D eigenvalue weighted by atomic mass is 16.5. The second-order valence-corrected chi connectivity index (χ2v) is 6.99. The van der Waals surface area contributed by atoms with Crippen LogP contribution in [-0.4, -0.2) is 24.5 Å². The quantitative estimate of drug-likeness (QED) is 0.912. The van der Waals surface area contributed by atoms with Gasteiger partial charge in [-0.3, -0.25) is 9.59 Å². The maximum Gasteiger partial charge on any atom is 0.259 e. The first-order valence-corrected chi connectivity index (χ1v) is 9.06. The predicted octanol–water partition coefficient (Wildman–Crippen LogP) is 3.95. The van der Waals surface area contributed by atoms with E-state index in [1.54, 1.807) is 11.0 Å². The van der Waals surface area contributed by atoms with Gasteiger partial charge < -0.3 is 15.0 Å². The molecule has 2 aliphatic rings. The largest absolute Gasteiger partial charge is 0.489 e. The monoisotopic (exact) mass is 350 g/mol. The first kappa shape index (κ1) is 16.6. The van der Waals surface area contributed by atoms with Crippen molar-refractivity contribution in [1.29, 1.82) is 0 Å². The van der Waals surface area contributed by atoms with E-state index in [4.69, 9.17) is 4.74 Å². The number of ether oxygens (including phenoxy) is 1. The maximum absolute atomic E-state index is 12.7. The lowest BCUT2D eigenvalue weighted by atomic mass is 9.97. The van der Waals surface area contributed by atoms with Crippen LogP contribution in [0.2, 0.25) is 0 Å². The highest BCUT2D eigenvalue weighted by Crippen LogP contribution is 2.40. The first-order chi connectivity index (χ1) is 12.5. The highest BCUT2D eigenvalue weighted by Gasteiger charge is 2.31. The summed E-state index contributed by atoms with van der Waals surface area (Å²) in [6.45, 7) is 4.88. The van der Waals surface area contributed by atoms with Gasteiger partial charge in [-0.1, -0.05) is 19.1 Å². The smallest absolute Gasteiger partial charge is 0.259 e. The Labute approximate surface area is 153 Å². The molecule has 26 heavy (non-hydrogen) atoms. The van der Waals surface area contributed by atoms with Gasteiger partial charge in [-0.25, -0.2) is 0 Å². The van der Waals surface area contributed by atoms with Crippen molar-refractivity contribution in [3.8, 4) is 5.75 Å². The molecule has 5 heteroatoms. The van der Waals surface area contributed by atoms with E-state index >= 15 is 0 Å². The third kappa shape index (κ3) is 2.83. The van der Waals surface area contributed by atoms with Crippen molar-refractivity contribution in [2.75, 3.05) is 16.8 Å². The molecule has 2 heterocycles. The van der Waals surface area contributed by atoms with Gasteiger partial charge in [-0.2, -0.15) is 0 Å². The van der Waals surface area contributed by atoms with Gasteiger partial charge in [0, 0.05) is 35.8 Å². The van der Waals surface area contributed by atoms with Gasteiger partial charge in [0.15, 0.2) is 0 Å². The number of amides is 2. The molecule has 0 radical (unpaired) electrons. The molecule has 2 aliphatic heterocycles. The first-order valence-electron chi connectivity index (χ1n) is 9.06. The van der Waals surface area contributed by atoms with Crippen LogP contribution in [0, 0.1) is 0 Å². The Morgan fingerprint density at radius 3 is 2.62 bits per heavy atom. The van der Waals surface area contributed by atoms with E-state index < -0.39 is 0 Å². The zero-order valence-electron chi connectivity index (χ0n) is 15.0. The van der Waals surface area contributed by atoms with E-state index in [0.717, 1.165) is 24.2 Å². The summed E-state index contributed by atoms with van der Waals surface area (Å²) in [6.07, 6.45) is 1.57. The minimum absolute atomic E-state index is 0.0660. The summed E-state index contributed by atoms with van der Waals surface area (Å²) in [5.74, 6) is 0.925. The van der Waals surface area contributed by atoms with Gasteiger partial charge >= 0.3 is 0 Å². The van der Waals surface area contributed by atoms with Crippen LogP contribution < -0.4 is 15.0 Å². The molecule has 1 N–H and O–H groups in total. The Morgan fingerprint density at radius 2 is 1.92 bits per heavy atom. The number of hydrogen-bond acceptors (Lipinski definition) is 3. The number of nitrogens with zero attached hydrogens (tertiary/aromatic N) is 1. The van der Waals surface area contributed by atoms with Crippen LogP contribution in [0.3, 0.4) is 0 Å². The molecule has 0 aliphatic carbocycles. The molecule has 134 valence electrons. The van der Waals surface area contributed by atoms with Gasteiger partial charge in [0.1, 0.15) is 11.9 Å². The molecular weight excluding hydrogens is 328 g/mol. The van der Waals surface area contributed by atoms with Crippen molar-refractivity contribution in [3.63, 3.8) is 0 Å². The molecular formula is C21H22N2O3. The summed E-state index contributed by atoms with van der Waals surface area (Å²) in [5, 5.41) is 2.92. The highest BCUT2D eigenvalue weighted by molar-refractivity contribution is 6.06. The summed E-state index contributed by atoms with van der Waals surface area (Å²) in [5.41, 5.74) is 3.20. The van der Waals surface area contributed by atoms with Gasteiger partial charge in [-0.05, 0) is 43.7 Å². The average molecular weight is 350 g/mol. The number of nitrogens with one attached hydrogen (secondary N) is 1. The van der Waals surface area contributed by atoms with E-state index in [9.17, 15) is 9.59 Å². The fourth-order valence-electron chi connectivity index (χ4n) is 3.61. The Morgan fingerprint density at radius 1 is 1.15 bits per heavy atom. The molecule has 0 saturated carbocycles. The lowest BCUT2D eigenvalue weighted by molar-refractivity contribution is -0.117. The summed E-state index contributed by atoms with van der Waals surface area (Å²) >= 11 is 0. The number of carbonyl (C=O) groups excluding carboxylic acids is 2. The average Bonchev–Trinajstić information content (AvgIpc) is 3.19. The molecule has 0 unspecified atom stereocenters. The van der Waals surface area contributed by atoms with Crippen molar-refractivity contribution in [1.82, 2.24) is 0 Å². The molecule has 2 aromatic rings. The van der Waals surface area contributed by atoms with Crippen molar-refractivity contribution in [2.45, 2.75) is 38.7 Å². The maximum atomic E-state index is 12.7. The van der Waals surface area contributed by atoms with Crippen molar-refractivity contribution < 1.29 is 14.3 Å².